The summed E-state index contributed by atoms with van der Waals surface area (Å²) < 4.78 is 0. The molecule has 76 valence electrons. The number of Topliss-reactive ketones (excluding diaryl/α,β-unsaturated/α-hetero) is 1. The zero-order valence-electron chi connectivity index (χ0n) is 8.92. The maximum Gasteiger partial charge on any atom is 0.148 e. The lowest BCUT2D eigenvalue weighted by atomic mass is 9.99. The van der Waals surface area contributed by atoms with Crippen molar-refractivity contribution in [3.8, 4) is 11.8 Å². The molecule has 0 N–H and O–H groups in total. The lowest BCUT2D eigenvalue weighted by molar-refractivity contribution is -0.121. The Morgan fingerprint density at radius 3 is 2.47 bits per heavy atom. The molecular formula is C14H14O. The normalized spacial score (nSPS) is 14.2. The van der Waals surface area contributed by atoms with Crippen molar-refractivity contribution in [3.63, 3.8) is 0 Å². The van der Waals surface area contributed by atoms with Gasteiger partial charge in [0.15, 0.2) is 0 Å². The maximum atomic E-state index is 11.8. The highest BCUT2D eigenvalue weighted by Gasteiger charge is 2.25. The third kappa shape index (κ3) is 2.10. The van der Waals surface area contributed by atoms with Crippen LogP contribution in [0.1, 0.15) is 24.5 Å². The molecule has 0 saturated heterocycles. The second-order valence-electron chi connectivity index (χ2n) is 3.94. The maximum absolute atomic E-state index is 11.8. The number of rotatable bonds is 2. The number of fused-ring (bicyclic) bond motifs is 1. The minimum absolute atomic E-state index is 0.170. The molecule has 0 unspecified atom stereocenters. The molecule has 1 nitrogen and oxygen atoms in total. The predicted octanol–water partition coefficient (Wildman–Crippen LogP) is 2.38. The van der Waals surface area contributed by atoms with Gasteiger partial charge in [0.2, 0.25) is 0 Å². The third-order valence-corrected chi connectivity index (χ3v) is 2.95. The summed E-state index contributed by atoms with van der Waals surface area (Å²) in [5.41, 5.74) is 2.67. The largest absolute Gasteiger partial charge is 0.298 e. The van der Waals surface area contributed by atoms with Gasteiger partial charge in [0.25, 0.3) is 0 Å². The Kier molecular flexibility index (Phi) is 2.87. The van der Waals surface area contributed by atoms with Crippen LogP contribution in [-0.4, -0.2) is 5.78 Å². The molecule has 0 amide bonds. The fourth-order valence-corrected chi connectivity index (χ4v) is 2.11. The van der Waals surface area contributed by atoms with E-state index in [4.69, 9.17) is 0 Å². The van der Waals surface area contributed by atoms with E-state index in [1.54, 1.807) is 6.92 Å². The van der Waals surface area contributed by atoms with Gasteiger partial charge >= 0.3 is 0 Å². The van der Waals surface area contributed by atoms with Crippen LogP contribution in [0.15, 0.2) is 24.3 Å². The molecule has 1 aliphatic rings. The Hall–Kier alpha value is -1.55. The van der Waals surface area contributed by atoms with Gasteiger partial charge in [-0.15, -0.1) is 5.92 Å². The van der Waals surface area contributed by atoms with Crippen molar-refractivity contribution in [1.29, 1.82) is 0 Å². The van der Waals surface area contributed by atoms with Gasteiger partial charge in [-0.2, -0.15) is 0 Å². The summed E-state index contributed by atoms with van der Waals surface area (Å²) in [6.07, 6.45) is 2.22. The molecule has 1 aromatic rings. The first-order valence-electron chi connectivity index (χ1n) is 5.30. The van der Waals surface area contributed by atoms with Crippen LogP contribution >= 0.6 is 0 Å². The van der Waals surface area contributed by atoms with Crippen molar-refractivity contribution in [2.24, 2.45) is 5.92 Å². The van der Waals surface area contributed by atoms with Gasteiger partial charge < -0.3 is 0 Å². The lowest BCUT2D eigenvalue weighted by Gasteiger charge is -2.03. The highest BCUT2D eigenvalue weighted by molar-refractivity contribution is 5.84. The summed E-state index contributed by atoms with van der Waals surface area (Å²) >= 11 is 0. The van der Waals surface area contributed by atoms with Gasteiger partial charge in [0, 0.05) is 5.92 Å². The average Bonchev–Trinajstić information content (AvgIpc) is 2.69. The van der Waals surface area contributed by atoms with Gasteiger partial charge in [0.1, 0.15) is 5.78 Å². The van der Waals surface area contributed by atoms with Crippen LogP contribution in [0.5, 0.6) is 0 Å². The number of ketones is 1. The average molecular weight is 198 g/mol. The topological polar surface area (TPSA) is 17.1 Å². The zero-order valence-corrected chi connectivity index (χ0v) is 8.92. The molecule has 1 heteroatoms. The number of carbonyl (C=O) groups excluding carboxylic acids is 1. The van der Waals surface area contributed by atoms with E-state index in [0.717, 1.165) is 12.8 Å². The van der Waals surface area contributed by atoms with Gasteiger partial charge in [-0.05, 0) is 30.9 Å². The molecule has 0 radical (unpaired) electrons. The third-order valence-electron chi connectivity index (χ3n) is 2.95. The summed E-state index contributed by atoms with van der Waals surface area (Å²) in [7, 11) is 0. The van der Waals surface area contributed by atoms with E-state index in [1.165, 1.54) is 11.1 Å². The van der Waals surface area contributed by atoms with Gasteiger partial charge in [-0.25, -0.2) is 0 Å². The Bertz CT molecular complexity index is 409. The van der Waals surface area contributed by atoms with Crippen LogP contribution in [0.4, 0.5) is 0 Å². The first-order valence-corrected chi connectivity index (χ1v) is 5.30. The van der Waals surface area contributed by atoms with E-state index >= 15 is 0 Å². The molecule has 0 bridgehead atoms. The molecule has 1 aromatic carbocycles. The summed E-state index contributed by atoms with van der Waals surface area (Å²) in [5.74, 6) is 6.09. The van der Waals surface area contributed by atoms with E-state index in [1.807, 2.05) is 12.1 Å². The van der Waals surface area contributed by atoms with Crippen molar-refractivity contribution >= 4 is 5.78 Å². The Morgan fingerprint density at radius 2 is 1.93 bits per heavy atom. The molecule has 1 aliphatic carbocycles. The first kappa shape index (κ1) is 9.98. The molecule has 0 aliphatic heterocycles. The first-order chi connectivity index (χ1) is 7.31. The highest BCUT2D eigenvalue weighted by atomic mass is 16.1. The molecule has 0 aromatic heterocycles. The monoisotopic (exact) mass is 198 g/mol. The summed E-state index contributed by atoms with van der Waals surface area (Å²) in [6.45, 7) is 1.77. The second-order valence-corrected chi connectivity index (χ2v) is 3.94. The molecule has 0 heterocycles. The minimum Gasteiger partial charge on any atom is -0.298 e. The molecule has 0 spiro atoms. The summed E-state index contributed by atoms with van der Waals surface area (Å²) in [5, 5.41) is 0. The lowest BCUT2D eigenvalue weighted by Crippen LogP contribution is -2.13. The number of carbonyl (C=O) groups is 1. The van der Waals surface area contributed by atoms with E-state index < -0.39 is 0 Å². The fourth-order valence-electron chi connectivity index (χ4n) is 2.11. The molecule has 0 saturated carbocycles. The summed E-state index contributed by atoms with van der Waals surface area (Å²) in [4.78, 5) is 11.8. The van der Waals surface area contributed by atoms with Gasteiger partial charge in [0.05, 0.1) is 6.42 Å². The van der Waals surface area contributed by atoms with Crippen LogP contribution in [0.25, 0.3) is 0 Å². The molecule has 15 heavy (non-hydrogen) atoms. The smallest absolute Gasteiger partial charge is 0.148 e. The van der Waals surface area contributed by atoms with Gasteiger partial charge in [-0.1, -0.05) is 30.2 Å². The Labute approximate surface area is 90.5 Å². The molecule has 2 rings (SSSR count). The second kappa shape index (κ2) is 4.31. The van der Waals surface area contributed by atoms with Crippen molar-refractivity contribution in [1.82, 2.24) is 0 Å². The van der Waals surface area contributed by atoms with Crippen LogP contribution in [-0.2, 0) is 17.6 Å². The number of benzene rings is 1. The van der Waals surface area contributed by atoms with Crippen LogP contribution < -0.4 is 0 Å². The molecule has 0 atom stereocenters. The minimum atomic E-state index is 0.170. The van der Waals surface area contributed by atoms with Crippen molar-refractivity contribution in [3.05, 3.63) is 35.4 Å². The quantitative estimate of drug-likeness (QED) is 0.667. The van der Waals surface area contributed by atoms with Crippen LogP contribution in [0, 0.1) is 17.8 Å². The molecule has 0 fully saturated rings. The standard InChI is InChI=1S/C14H14O/c1-2-3-8-14(15)13-9-11-6-4-5-7-12(11)10-13/h4-7,13H,8-10H2,1H3. The van der Waals surface area contributed by atoms with Crippen molar-refractivity contribution in [2.45, 2.75) is 26.2 Å². The Morgan fingerprint density at radius 1 is 1.33 bits per heavy atom. The van der Waals surface area contributed by atoms with Crippen molar-refractivity contribution < 1.29 is 4.79 Å². The zero-order chi connectivity index (χ0) is 10.7. The number of hydrogen-bond acceptors (Lipinski definition) is 1. The number of hydrogen-bond donors (Lipinski definition) is 0. The summed E-state index contributed by atoms with van der Waals surface area (Å²) in [6, 6.07) is 8.32. The molecular weight excluding hydrogens is 184 g/mol. The highest BCUT2D eigenvalue weighted by Crippen LogP contribution is 2.27. The van der Waals surface area contributed by atoms with E-state index in [-0.39, 0.29) is 5.92 Å². The van der Waals surface area contributed by atoms with Crippen LogP contribution in [0.2, 0.25) is 0 Å². The van der Waals surface area contributed by atoms with Crippen LogP contribution in [0.3, 0.4) is 0 Å². The van der Waals surface area contributed by atoms with E-state index in [9.17, 15) is 4.79 Å². The van der Waals surface area contributed by atoms with E-state index in [2.05, 4.69) is 24.0 Å². The van der Waals surface area contributed by atoms with Crippen molar-refractivity contribution in [2.75, 3.05) is 0 Å². The SMILES string of the molecule is CC#CCC(=O)C1Cc2ccccc2C1. The van der Waals surface area contributed by atoms with E-state index in [0.29, 0.717) is 12.2 Å². The predicted molar refractivity (Wildman–Crippen MR) is 60.4 cm³/mol. The Balaban J connectivity index is 2.06. The fraction of sp³-hybridized carbons (Fsp3) is 0.357. The van der Waals surface area contributed by atoms with Gasteiger partial charge in [-0.3, -0.25) is 4.79 Å².